The molecule has 0 amide bonds. The van der Waals surface area contributed by atoms with Gasteiger partial charge in [0.2, 0.25) is 0 Å². The average molecular weight is 129 g/mol. The van der Waals surface area contributed by atoms with E-state index in [1.165, 1.54) is 0 Å². The fraction of sp³-hybridized carbons (Fsp3) is 0.833. The van der Waals surface area contributed by atoms with Crippen LogP contribution in [0.3, 0.4) is 0 Å². The van der Waals surface area contributed by atoms with Crippen molar-refractivity contribution in [1.82, 2.24) is 5.48 Å². The van der Waals surface area contributed by atoms with Crippen LogP contribution < -0.4 is 5.48 Å². The summed E-state index contributed by atoms with van der Waals surface area (Å²) in [5.41, 5.74) is 2.66. The van der Waals surface area contributed by atoms with E-state index >= 15 is 0 Å². The van der Waals surface area contributed by atoms with Gasteiger partial charge in [-0.1, -0.05) is 6.92 Å². The van der Waals surface area contributed by atoms with Gasteiger partial charge in [-0.15, -0.1) is 0 Å². The van der Waals surface area contributed by atoms with E-state index in [9.17, 15) is 4.79 Å². The average Bonchev–Trinajstić information content (AvgIpc) is 2.65. The van der Waals surface area contributed by atoms with E-state index in [4.69, 9.17) is 0 Å². The van der Waals surface area contributed by atoms with Gasteiger partial charge < -0.3 is 4.84 Å². The number of hydrogen-bond acceptors (Lipinski definition) is 3. The molecule has 3 nitrogen and oxygen atoms in total. The van der Waals surface area contributed by atoms with E-state index in [-0.39, 0.29) is 5.97 Å². The SMILES string of the molecule is CCC(=O)ONC1CC1. The van der Waals surface area contributed by atoms with Crippen LogP contribution in [0, 0.1) is 0 Å². The second-order valence-corrected chi connectivity index (χ2v) is 2.22. The third-order valence-electron chi connectivity index (χ3n) is 1.21. The van der Waals surface area contributed by atoms with Crippen LogP contribution >= 0.6 is 0 Å². The highest BCUT2D eigenvalue weighted by molar-refractivity contribution is 5.68. The van der Waals surface area contributed by atoms with Crippen LogP contribution in [-0.2, 0) is 9.63 Å². The van der Waals surface area contributed by atoms with Crippen molar-refractivity contribution in [2.45, 2.75) is 32.2 Å². The monoisotopic (exact) mass is 129 g/mol. The molecular weight excluding hydrogens is 118 g/mol. The summed E-state index contributed by atoms with van der Waals surface area (Å²) in [6.07, 6.45) is 2.72. The molecule has 0 atom stereocenters. The summed E-state index contributed by atoms with van der Waals surface area (Å²) in [5, 5.41) is 0. The van der Waals surface area contributed by atoms with E-state index in [1.54, 1.807) is 6.92 Å². The van der Waals surface area contributed by atoms with Crippen molar-refractivity contribution in [3.05, 3.63) is 0 Å². The molecule has 0 aliphatic heterocycles. The molecule has 1 aliphatic carbocycles. The van der Waals surface area contributed by atoms with E-state index < -0.39 is 0 Å². The largest absolute Gasteiger partial charge is 0.370 e. The highest BCUT2D eigenvalue weighted by Crippen LogP contribution is 2.18. The molecule has 1 rings (SSSR count). The lowest BCUT2D eigenvalue weighted by Crippen LogP contribution is -2.20. The van der Waals surface area contributed by atoms with E-state index in [0.717, 1.165) is 12.8 Å². The van der Waals surface area contributed by atoms with Crippen LogP contribution in [-0.4, -0.2) is 12.0 Å². The molecule has 3 heteroatoms. The highest BCUT2D eigenvalue weighted by atomic mass is 16.7. The zero-order valence-electron chi connectivity index (χ0n) is 5.52. The number of hydrogen-bond donors (Lipinski definition) is 1. The van der Waals surface area contributed by atoms with Crippen LogP contribution in [0.4, 0.5) is 0 Å². The standard InChI is InChI=1S/C6H11NO2/c1-2-6(8)9-7-5-3-4-5/h5,7H,2-4H2,1H3. The third-order valence-corrected chi connectivity index (χ3v) is 1.21. The first-order valence-corrected chi connectivity index (χ1v) is 3.28. The van der Waals surface area contributed by atoms with Gasteiger partial charge in [0.1, 0.15) is 0 Å². The van der Waals surface area contributed by atoms with E-state index in [1.807, 2.05) is 0 Å². The zero-order valence-corrected chi connectivity index (χ0v) is 5.52. The summed E-state index contributed by atoms with van der Waals surface area (Å²) in [4.78, 5) is 15.1. The Bertz CT molecular complexity index is 110. The van der Waals surface area contributed by atoms with Gasteiger partial charge in [0.25, 0.3) is 0 Å². The summed E-state index contributed by atoms with van der Waals surface area (Å²) in [6.45, 7) is 1.77. The predicted octanol–water partition coefficient (Wildman–Crippen LogP) is 0.607. The fourth-order valence-corrected chi connectivity index (χ4v) is 0.422. The Morgan fingerprint density at radius 3 is 2.89 bits per heavy atom. The van der Waals surface area contributed by atoms with Gasteiger partial charge in [0.15, 0.2) is 0 Å². The van der Waals surface area contributed by atoms with Crippen molar-refractivity contribution in [2.24, 2.45) is 0 Å². The molecule has 0 heterocycles. The molecule has 1 fully saturated rings. The van der Waals surface area contributed by atoms with Crippen LogP contribution in [0.2, 0.25) is 0 Å². The number of hydroxylamine groups is 1. The summed E-state index contributed by atoms with van der Waals surface area (Å²) in [6, 6.07) is 0.445. The van der Waals surface area contributed by atoms with Crippen LogP contribution in [0.25, 0.3) is 0 Å². The van der Waals surface area contributed by atoms with Crippen molar-refractivity contribution < 1.29 is 9.63 Å². The van der Waals surface area contributed by atoms with Crippen LogP contribution in [0.15, 0.2) is 0 Å². The molecule has 0 aromatic rings. The van der Waals surface area contributed by atoms with Crippen molar-refractivity contribution in [1.29, 1.82) is 0 Å². The molecule has 1 saturated carbocycles. The first kappa shape index (κ1) is 6.55. The molecule has 0 unspecified atom stereocenters. The molecule has 0 aromatic heterocycles. The Morgan fingerprint density at radius 1 is 1.78 bits per heavy atom. The molecule has 0 bridgehead atoms. The number of carbonyl (C=O) groups excluding carboxylic acids is 1. The summed E-state index contributed by atoms with van der Waals surface area (Å²) < 4.78 is 0. The molecule has 0 saturated heterocycles. The molecule has 52 valence electrons. The molecular formula is C6H11NO2. The maximum Gasteiger partial charge on any atom is 0.324 e. The third kappa shape index (κ3) is 2.46. The van der Waals surface area contributed by atoms with Gasteiger partial charge in [0, 0.05) is 12.5 Å². The Hall–Kier alpha value is -0.570. The summed E-state index contributed by atoms with van der Waals surface area (Å²) in [7, 11) is 0. The minimum absolute atomic E-state index is 0.179. The Balaban J connectivity index is 1.96. The van der Waals surface area contributed by atoms with Gasteiger partial charge in [-0.3, -0.25) is 4.79 Å². The van der Waals surface area contributed by atoms with Gasteiger partial charge in [-0.2, -0.15) is 5.48 Å². The molecule has 0 spiro atoms. The minimum Gasteiger partial charge on any atom is -0.370 e. The van der Waals surface area contributed by atoms with Gasteiger partial charge in [0.05, 0.1) is 0 Å². The maximum absolute atomic E-state index is 10.5. The smallest absolute Gasteiger partial charge is 0.324 e. The topological polar surface area (TPSA) is 38.3 Å². The van der Waals surface area contributed by atoms with Crippen molar-refractivity contribution in [3.8, 4) is 0 Å². The Labute approximate surface area is 54.3 Å². The molecule has 0 radical (unpaired) electrons. The first-order valence-electron chi connectivity index (χ1n) is 3.28. The lowest BCUT2D eigenvalue weighted by atomic mass is 10.5. The van der Waals surface area contributed by atoms with Gasteiger partial charge in [-0.05, 0) is 12.8 Å². The second kappa shape index (κ2) is 2.82. The number of carbonyl (C=O) groups is 1. The molecule has 9 heavy (non-hydrogen) atoms. The van der Waals surface area contributed by atoms with Gasteiger partial charge >= 0.3 is 5.97 Å². The van der Waals surface area contributed by atoms with Crippen molar-refractivity contribution in [3.63, 3.8) is 0 Å². The first-order chi connectivity index (χ1) is 4.33. The number of nitrogens with one attached hydrogen (secondary N) is 1. The van der Waals surface area contributed by atoms with E-state index in [2.05, 4.69) is 10.3 Å². The lowest BCUT2D eigenvalue weighted by Gasteiger charge is -1.99. The highest BCUT2D eigenvalue weighted by Gasteiger charge is 2.22. The fourth-order valence-electron chi connectivity index (χ4n) is 0.422. The summed E-state index contributed by atoms with van der Waals surface area (Å²) in [5.74, 6) is -0.179. The van der Waals surface area contributed by atoms with E-state index in [0.29, 0.717) is 12.5 Å². The number of rotatable bonds is 3. The molecule has 1 N–H and O–H groups in total. The molecule has 1 aliphatic rings. The quantitative estimate of drug-likeness (QED) is 0.567. The van der Waals surface area contributed by atoms with Crippen LogP contribution in [0.1, 0.15) is 26.2 Å². The Morgan fingerprint density at radius 2 is 2.44 bits per heavy atom. The maximum atomic E-state index is 10.5. The predicted molar refractivity (Wildman–Crippen MR) is 32.5 cm³/mol. The Kier molecular flexibility index (Phi) is 2.05. The van der Waals surface area contributed by atoms with Crippen molar-refractivity contribution >= 4 is 5.97 Å². The lowest BCUT2D eigenvalue weighted by molar-refractivity contribution is -0.151. The summed E-state index contributed by atoms with van der Waals surface area (Å²) >= 11 is 0. The molecule has 0 aromatic carbocycles. The van der Waals surface area contributed by atoms with Gasteiger partial charge in [-0.25, -0.2) is 0 Å². The normalized spacial score (nSPS) is 17.4. The zero-order chi connectivity index (χ0) is 6.69. The van der Waals surface area contributed by atoms with Crippen LogP contribution in [0.5, 0.6) is 0 Å². The second-order valence-electron chi connectivity index (χ2n) is 2.22. The van der Waals surface area contributed by atoms with Crippen molar-refractivity contribution in [2.75, 3.05) is 0 Å². The minimum atomic E-state index is -0.179.